The van der Waals surface area contributed by atoms with E-state index in [1.165, 1.54) is 57.2 Å². The van der Waals surface area contributed by atoms with Crippen LogP contribution in [-0.2, 0) is 13.5 Å². The van der Waals surface area contributed by atoms with Crippen molar-refractivity contribution in [2.24, 2.45) is 18.9 Å². The van der Waals surface area contributed by atoms with E-state index in [1.807, 2.05) is 0 Å². The van der Waals surface area contributed by atoms with Crippen LogP contribution >= 0.6 is 0 Å². The molecule has 20 heavy (non-hydrogen) atoms. The maximum Gasteiger partial charge on any atom is 0.0596 e. The highest BCUT2D eigenvalue weighted by Gasteiger charge is 2.24. The van der Waals surface area contributed by atoms with E-state index in [0.29, 0.717) is 0 Å². The van der Waals surface area contributed by atoms with Gasteiger partial charge in [0.1, 0.15) is 0 Å². The third kappa shape index (κ3) is 4.34. The van der Waals surface area contributed by atoms with Crippen molar-refractivity contribution < 1.29 is 0 Å². The minimum absolute atomic E-state index is 0.830. The summed E-state index contributed by atoms with van der Waals surface area (Å²) in [7, 11) is 2.09. The molecule has 0 saturated heterocycles. The molecule has 1 aromatic rings. The van der Waals surface area contributed by atoms with Crippen molar-refractivity contribution in [2.45, 2.75) is 58.8 Å². The van der Waals surface area contributed by atoms with Gasteiger partial charge in [-0.1, -0.05) is 26.2 Å². The Morgan fingerprint density at radius 1 is 1.25 bits per heavy atom. The van der Waals surface area contributed by atoms with Crippen molar-refractivity contribution in [1.29, 1.82) is 0 Å². The Bertz CT molecular complexity index is 397. The van der Waals surface area contributed by atoms with Crippen LogP contribution in [0.25, 0.3) is 0 Å². The predicted molar refractivity (Wildman–Crippen MR) is 84.9 cm³/mol. The summed E-state index contributed by atoms with van der Waals surface area (Å²) in [6.45, 7) is 6.70. The van der Waals surface area contributed by atoms with Gasteiger partial charge >= 0.3 is 0 Å². The van der Waals surface area contributed by atoms with Crippen LogP contribution in [0.15, 0.2) is 6.07 Å². The van der Waals surface area contributed by atoms with Gasteiger partial charge in [-0.25, -0.2) is 0 Å². The second kappa shape index (κ2) is 7.82. The highest BCUT2D eigenvalue weighted by Crippen LogP contribution is 2.31. The minimum atomic E-state index is 0.830. The number of rotatable bonds is 6. The molecule has 2 unspecified atom stereocenters. The molecule has 3 nitrogen and oxygen atoms in total. The molecule has 2 atom stereocenters. The minimum Gasteiger partial charge on any atom is -0.316 e. The Balaban J connectivity index is 1.98. The van der Waals surface area contributed by atoms with Gasteiger partial charge in [0.05, 0.1) is 5.69 Å². The van der Waals surface area contributed by atoms with Crippen LogP contribution in [0.5, 0.6) is 0 Å². The lowest BCUT2D eigenvalue weighted by Gasteiger charge is -2.25. The molecule has 0 bridgehead atoms. The number of aryl methyl sites for hydroxylation is 2. The summed E-state index contributed by atoms with van der Waals surface area (Å²) in [5.74, 6) is 1.68. The van der Waals surface area contributed by atoms with Gasteiger partial charge in [0.25, 0.3) is 0 Å². The summed E-state index contributed by atoms with van der Waals surface area (Å²) in [5.41, 5.74) is 2.56. The molecule has 0 amide bonds. The van der Waals surface area contributed by atoms with E-state index >= 15 is 0 Å². The zero-order chi connectivity index (χ0) is 14.4. The third-order valence-corrected chi connectivity index (χ3v) is 4.72. The predicted octanol–water partition coefficient (Wildman–Crippen LogP) is 3.47. The average Bonchev–Trinajstić information content (AvgIpc) is 2.62. The second-order valence-electron chi connectivity index (χ2n) is 6.47. The molecule has 0 aromatic carbocycles. The summed E-state index contributed by atoms with van der Waals surface area (Å²) >= 11 is 0. The summed E-state index contributed by atoms with van der Waals surface area (Å²) in [5, 5.41) is 8.15. The van der Waals surface area contributed by atoms with Gasteiger partial charge in [-0.2, -0.15) is 5.10 Å². The molecule has 1 N–H and O–H groups in total. The van der Waals surface area contributed by atoms with Crippen molar-refractivity contribution in [3.8, 4) is 0 Å². The third-order valence-electron chi connectivity index (χ3n) is 4.72. The summed E-state index contributed by atoms with van der Waals surface area (Å²) in [6, 6.07) is 2.27. The Morgan fingerprint density at radius 2 is 2.00 bits per heavy atom. The van der Waals surface area contributed by atoms with Crippen LogP contribution in [0.4, 0.5) is 0 Å². The molecule has 2 rings (SSSR count). The monoisotopic (exact) mass is 277 g/mol. The highest BCUT2D eigenvalue weighted by molar-refractivity contribution is 5.09. The lowest BCUT2D eigenvalue weighted by atomic mass is 9.84. The first-order valence-corrected chi connectivity index (χ1v) is 8.41. The normalized spacial score (nSPS) is 23.8. The topological polar surface area (TPSA) is 29.9 Å². The molecular weight excluding hydrogens is 246 g/mol. The first kappa shape index (κ1) is 15.6. The van der Waals surface area contributed by atoms with Crippen molar-refractivity contribution in [2.75, 3.05) is 13.1 Å². The maximum atomic E-state index is 4.50. The molecule has 3 heteroatoms. The summed E-state index contributed by atoms with van der Waals surface area (Å²) in [6.07, 6.45) is 9.48. The largest absolute Gasteiger partial charge is 0.316 e. The molecule has 0 radical (unpaired) electrons. The molecule has 1 aromatic heterocycles. The molecule has 1 heterocycles. The number of hydrogen-bond donors (Lipinski definition) is 1. The van der Waals surface area contributed by atoms with E-state index in [4.69, 9.17) is 0 Å². The van der Waals surface area contributed by atoms with Gasteiger partial charge in [-0.05, 0) is 63.6 Å². The lowest BCUT2D eigenvalue weighted by Crippen LogP contribution is -2.29. The molecule has 114 valence electrons. The molecule has 0 aliphatic heterocycles. The van der Waals surface area contributed by atoms with E-state index in [0.717, 1.165) is 24.1 Å². The summed E-state index contributed by atoms with van der Waals surface area (Å²) in [4.78, 5) is 0. The fourth-order valence-corrected chi connectivity index (χ4v) is 3.59. The zero-order valence-electron chi connectivity index (χ0n) is 13.5. The molecule has 0 spiro atoms. The standard InChI is InChI=1S/C17H31N3/c1-4-10-18-13-16-9-7-5-6-8-15(16)12-17-11-14(2)19-20(17)3/h11,15-16,18H,4-10,12-13H2,1-3H3. The van der Waals surface area contributed by atoms with E-state index in [9.17, 15) is 0 Å². The van der Waals surface area contributed by atoms with Gasteiger partial charge in [0.15, 0.2) is 0 Å². The Morgan fingerprint density at radius 3 is 2.65 bits per heavy atom. The van der Waals surface area contributed by atoms with Crippen LogP contribution < -0.4 is 5.32 Å². The van der Waals surface area contributed by atoms with Crippen LogP contribution in [0.1, 0.15) is 56.8 Å². The summed E-state index contributed by atoms with van der Waals surface area (Å²) < 4.78 is 2.08. The maximum absolute atomic E-state index is 4.50. The second-order valence-corrected chi connectivity index (χ2v) is 6.47. The highest BCUT2D eigenvalue weighted by atomic mass is 15.3. The number of nitrogens with one attached hydrogen (secondary N) is 1. The Hall–Kier alpha value is -0.830. The Labute approximate surface area is 124 Å². The fourth-order valence-electron chi connectivity index (χ4n) is 3.59. The van der Waals surface area contributed by atoms with E-state index < -0.39 is 0 Å². The smallest absolute Gasteiger partial charge is 0.0596 e. The number of hydrogen-bond acceptors (Lipinski definition) is 2. The van der Waals surface area contributed by atoms with Crippen molar-refractivity contribution in [1.82, 2.24) is 15.1 Å². The van der Waals surface area contributed by atoms with Gasteiger partial charge < -0.3 is 5.32 Å². The van der Waals surface area contributed by atoms with E-state index in [1.54, 1.807) is 0 Å². The van der Waals surface area contributed by atoms with Gasteiger partial charge in [-0.3, -0.25) is 4.68 Å². The number of nitrogens with zero attached hydrogens (tertiary/aromatic N) is 2. The van der Waals surface area contributed by atoms with E-state index in [2.05, 4.69) is 42.1 Å². The lowest BCUT2D eigenvalue weighted by molar-refractivity contribution is 0.293. The van der Waals surface area contributed by atoms with Gasteiger partial charge in [0.2, 0.25) is 0 Å². The molecule has 1 fully saturated rings. The van der Waals surface area contributed by atoms with Gasteiger partial charge in [0, 0.05) is 12.7 Å². The molecule has 1 aliphatic rings. The SMILES string of the molecule is CCCNCC1CCCCCC1Cc1cc(C)nn1C. The molecule has 1 saturated carbocycles. The number of aromatic nitrogens is 2. The average molecular weight is 277 g/mol. The zero-order valence-corrected chi connectivity index (χ0v) is 13.5. The van der Waals surface area contributed by atoms with Crippen molar-refractivity contribution >= 4 is 0 Å². The van der Waals surface area contributed by atoms with Crippen LogP contribution in [0.2, 0.25) is 0 Å². The van der Waals surface area contributed by atoms with Gasteiger partial charge in [-0.15, -0.1) is 0 Å². The Kier molecular flexibility index (Phi) is 6.08. The first-order valence-electron chi connectivity index (χ1n) is 8.41. The first-order chi connectivity index (χ1) is 9.70. The quantitative estimate of drug-likeness (QED) is 0.637. The van der Waals surface area contributed by atoms with E-state index in [-0.39, 0.29) is 0 Å². The van der Waals surface area contributed by atoms with Crippen molar-refractivity contribution in [3.05, 3.63) is 17.5 Å². The van der Waals surface area contributed by atoms with Crippen LogP contribution in [-0.4, -0.2) is 22.9 Å². The van der Waals surface area contributed by atoms with Crippen molar-refractivity contribution in [3.63, 3.8) is 0 Å². The molecule has 1 aliphatic carbocycles. The van der Waals surface area contributed by atoms with Crippen LogP contribution in [0, 0.1) is 18.8 Å². The fraction of sp³-hybridized carbons (Fsp3) is 0.824. The van der Waals surface area contributed by atoms with Crippen LogP contribution in [0.3, 0.4) is 0 Å². The molecular formula is C17H31N3.